The Morgan fingerprint density at radius 1 is 1.22 bits per heavy atom. The van der Waals surface area contributed by atoms with Gasteiger partial charge in [-0.1, -0.05) is 31.0 Å². The summed E-state index contributed by atoms with van der Waals surface area (Å²) < 4.78 is 0.178. The Labute approximate surface area is 149 Å². The van der Waals surface area contributed by atoms with E-state index >= 15 is 0 Å². The lowest BCUT2D eigenvalue weighted by atomic mass is 10.0. The van der Waals surface area contributed by atoms with Gasteiger partial charge in [0.05, 0.1) is 0 Å². The lowest BCUT2D eigenvalue weighted by Gasteiger charge is -2.29. The van der Waals surface area contributed by atoms with Crippen LogP contribution in [-0.2, 0) is 4.79 Å². The minimum Gasteiger partial charge on any atom is -0.354 e. The topological polar surface area (TPSA) is 55.1 Å². The summed E-state index contributed by atoms with van der Waals surface area (Å²) in [7, 11) is 0. The summed E-state index contributed by atoms with van der Waals surface area (Å²) >= 11 is 1.94. The van der Waals surface area contributed by atoms with E-state index in [1.807, 2.05) is 11.8 Å². The summed E-state index contributed by atoms with van der Waals surface area (Å²) in [6, 6.07) is 10.8. The molecule has 2 fully saturated rings. The first kappa shape index (κ1) is 18.6. The molecule has 0 bridgehead atoms. The standard InChI is InChI=1S/C18H26N2OS.ClH/c19-15-9-8-14(12-15)17(21)20-13-18(10-4-5-11-18)22-16-6-2-1-3-7-16;/h1-3,6-7,14-15H,4-5,8-13,19H2,(H,20,21);1H. The molecule has 2 unspecified atom stereocenters. The first-order valence-electron chi connectivity index (χ1n) is 8.44. The third-order valence-corrected chi connectivity index (χ3v) is 6.51. The number of carbonyl (C=O) groups is 1. The van der Waals surface area contributed by atoms with Crippen LogP contribution < -0.4 is 11.1 Å². The number of hydrogen-bond donors (Lipinski definition) is 2. The Morgan fingerprint density at radius 2 is 1.91 bits per heavy atom. The number of rotatable bonds is 5. The van der Waals surface area contributed by atoms with E-state index < -0.39 is 0 Å². The molecule has 3 nitrogen and oxygen atoms in total. The highest BCUT2D eigenvalue weighted by Gasteiger charge is 2.36. The number of carbonyl (C=O) groups excluding carboxylic acids is 1. The van der Waals surface area contributed by atoms with Gasteiger partial charge in [0.15, 0.2) is 0 Å². The van der Waals surface area contributed by atoms with Gasteiger partial charge in [-0.2, -0.15) is 0 Å². The molecule has 23 heavy (non-hydrogen) atoms. The van der Waals surface area contributed by atoms with Crippen LogP contribution in [-0.4, -0.2) is 23.2 Å². The lowest BCUT2D eigenvalue weighted by Crippen LogP contribution is -2.41. The van der Waals surface area contributed by atoms with Crippen LogP contribution in [0.5, 0.6) is 0 Å². The molecule has 5 heteroatoms. The molecule has 1 amide bonds. The van der Waals surface area contributed by atoms with E-state index in [4.69, 9.17) is 5.73 Å². The predicted octanol–water partition coefficient (Wildman–Crippen LogP) is 3.76. The van der Waals surface area contributed by atoms with Gasteiger partial charge in [0.25, 0.3) is 0 Å². The number of nitrogens with two attached hydrogens (primary N) is 1. The van der Waals surface area contributed by atoms with Crippen molar-refractivity contribution in [1.82, 2.24) is 5.32 Å². The van der Waals surface area contributed by atoms with Gasteiger partial charge in [-0.3, -0.25) is 4.79 Å². The maximum atomic E-state index is 12.4. The zero-order chi connectivity index (χ0) is 15.4. The molecule has 0 saturated heterocycles. The van der Waals surface area contributed by atoms with Gasteiger partial charge in [0.2, 0.25) is 5.91 Å². The van der Waals surface area contributed by atoms with Gasteiger partial charge in [-0.05, 0) is 44.2 Å². The maximum absolute atomic E-state index is 12.4. The molecule has 0 spiro atoms. The van der Waals surface area contributed by atoms with E-state index in [1.54, 1.807) is 0 Å². The summed E-state index contributed by atoms with van der Waals surface area (Å²) in [6.07, 6.45) is 7.71. The quantitative estimate of drug-likeness (QED) is 0.846. The first-order valence-corrected chi connectivity index (χ1v) is 9.26. The molecule has 2 atom stereocenters. The minimum absolute atomic E-state index is 0. The average Bonchev–Trinajstić information content (AvgIpc) is 3.16. The Balaban J connectivity index is 0.00000192. The molecule has 0 radical (unpaired) electrons. The van der Waals surface area contributed by atoms with Crippen LogP contribution in [0.25, 0.3) is 0 Å². The van der Waals surface area contributed by atoms with Crippen LogP contribution in [0.2, 0.25) is 0 Å². The number of benzene rings is 1. The molecule has 2 aliphatic carbocycles. The zero-order valence-corrected chi connectivity index (χ0v) is 15.1. The highest BCUT2D eigenvalue weighted by molar-refractivity contribution is 8.00. The zero-order valence-electron chi connectivity index (χ0n) is 13.5. The number of hydrogen-bond acceptors (Lipinski definition) is 3. The van der Waals surface area contributed by atoms with E-state index in [0.717, 1.165) is 25.8 Å². The van der Waals surface area contributed by atoms with Crippen molar-refractivity contribution in [2.24, 2.45) is 11.7 Å². The number of nitrogens with one attached hydrogen (secondary N) is 1. The summed E-state index contributed by atoms with van der Waals surface area (Å²) in [5.74, 6) is 0.350. The molecule has 1 aromatic carbocycles. The molecule has 1 aromatic rings. The summed E-state index contributed by atoms with van der Waals surface area (Å²) in [6.45, 7) is 0.789. The number of amides is 1. The molecule has 2 aliphatic rings. The third-order valence-electron chi connectivity index (χ3n) is 5.02. The van der Waals surface area contributed by atoms with Crippen LogP contribution in [0.1, 0.15) is 44.9 Å². The van der Waals surface area contributed by atoms with Crippen molar-refractivity contribution in [1.29, 1.82) is 0 Å². The van der Waals surface area contributed by atoms with Crippen molar-refractivity contribution in [3.05, 3.63) is 30.3 Å². The number of halogens is 1. The van der Waals surface area contributed by atoms with Crippen LogP contribution in [0.4, 0.5) is 0 Å². The van der Waals surface area contributed by atoms with Gasteiger partial charge >= 0.3 is 0 Å². The van der Waals surface area contributed by atoms with E-state index in [9.17, 15) is 4.79 Å². The summed E-state index contributed by atoms with van der Waals surface area (Å²) in [5.41, 5.74) is 5.93. The van der Waals surface area contributed by atoms with Crippen molar-refractivity contribution in [3.8, 4) is 0 Å². The molecular formula is C18H27ClN2OS. The van der Waals surface area contributed by atoms with E-state index in [1.165, 1.54) is 30.6 Å². The van der Waals surface area contributed by atoms with Crippen LogP contribution in [0.3, 0.4) is 0 Å². The van der Waals surface area contributed by atoms with E-state index in [0.29, 0.717) is 0 Å². The summed E-state index contributed by atoms with van der Waals surface area (Å²) in [4.78, 5) is 13.7. The molecule has 0 aromatic heterocycles. The molecule has 3 rings (SSSR count). The van der Waals surface area contributed by atoms with Crippen molar-refractivity contribution < 1.29 is 4.79 Å². The second-order valence-corrected chi connectivity index (χ2v) is 8.33. The lowest BCUT2D eigenvalue weighted by molar-refractivity contribution is -0.124. The molecule has 2 saturated carbocycles. The second kappa shape index (κ2) is 8.41. The van der Waals surface area contributed by atoms with Crippen molar-refractivity contribution >= 4 is 30.1 Å². The second-order valence-electron chi connectivity index (χ2n) is 6.79. The van der Waals surface area contributed by atoms with Gasteiger partial charge in [0.1, 0.15) is 0 Å². The molecule has 0 heterocycles. The SMILES string of the molecule is Cl.NC1CCC(C(=O)NCC2(Sc3ccccc3)CCCC2)C1. The normalized spacial score (nSPS) is 25.8. The minimum atomic E-state index is 0. The fourth-order valence-electron chi connectivity index (χ4n) is 3.72. The van der Waals surface area contributed by atoms with Crippen LogP contribution in [0.15, 0.2) is 35.2 Å². The third kappa shape index (κ3) is 4.88. The van der Waals surface area contributed by atoms with Gasteiger partial charge in [-0.25, -0.2) is 0 Å². The monoisotopic (exact) mass is 354 g/mol. The van der Waals surface area contributed by atoms with Crippen LogP contribution >= 0.6 is 24.2 Å². The fourth-order valence-corrected chi connectivity index (χ4v) is 5.15. The van der Waals surface area contributed by atoms with Gasteiger partial charge in [0, 0.05) is 28.1 Å². The Bertz CT molecular complexity index is 505. The van der Waals surface area contributed by atoms with Crippen LogP contribution in [0, 0.1) is 5.92 Å². The smallest absolute Gasteiger partial charge is 0.223 e. The van der Waals surface area contributed by atoms with E-state index in [2.05, 4.69) is 35.6 Å². The Hall–Kier alpha value is -0.710. The Morgan fingerprint density at radius 3 is 2.52 bits per heavy atom. The molecular weight excluding hydrogens is 328 g/mol. The van der Waals surface area contributed by atoms with Crippen molar-refractivity contribution in [3.63, 3.8) is 0 Å². The Kier molecular flexibility index (Phi) is 6.81. The highest BCUT2D eigenvalue weighted by Crippen LogP contribution is 2.44. The van der Waals surface area contributed by atoms with Crippen molar-refractivity contribution in [2.45, 2.75) is 60.6 Å². The molecule has 3 N–H and O–H groups in total. The van der Waals surface area contributed by atoms with Gasteiger partial charge < -0.3 is 11.1 Å². The maximum Gasteiger partial charge on any atom is 0.223 e. The van der Waals surface area contributed by atoms with Crippen molar-refractivity contribution in [2.75, 3.05) is 6.54 Å². The van der Waals surface area contributed by atoms with Gasteiger partial charge in [-0.15, -0.1) is 24.2 Å². The molecule has 128 valence electrons. The van der Waals surface area contributed by atoms with E-state index in [-0.39, 0.29) is 35.0 Å². The largest absolute Gasteiger partial charge is 0.354 e. The predicted molar refractivity (Wildman–Crippen MR) is 99.1 cm³/mol. The first-order chi connectivity index (χ1) is 10.7. The summed E-state index contributed by atoms with van der Waals surface area (Å²) in [5, 5.41) is 3.23. The fraction of sp³-hybridized carbons (Fsp3) is 0.611. The average molecular weight is 355 g/mol. The number of thioether (sulfide) groups is 1. The highest BCUT2D eigenvalue weighted by atomic mass is 35.5. The molecule has 0 aliphatic heterocycles.